The summed E-state index contributed by atoms with van der Waals surface area (Å²) in [5, 5.41) is 11.8. The van der Waals surface area contributed by atoms with Crippen molar-refractivity contribution in [1.82, 2.24) is 4.90 Å². The zero-order valence-electron chi connectivity index (χ0n) is 11.1. The summed E-state index contributed by atoms with van der Waals surface area (Å²) in [5.41, 5.74) is 7.68. The van der Waals surface area contributed by atoms with Crippen molar-refractivity contribution in [2.75, 3.05) is 6.54 Å². The highest BCUT2D eigenvalue weighted by Crippen LogP contribution is 2.35. The van der Waals surface area contributed by atoms with Crippen molar-refractivity contribution in [1.29, 1.82) is 0 Å². The molecule has 0 unspecified atom stereocenters. The van der Waals surface area contributed by atoms with Crippen LogP contribution in [0.4, 0.5) is 0 Å². The lowest BCUT2D eigenvalue weighted by Gasteiger charge is -2.22. The molecule has 19 heavy (non-hydrogen) atoms. The van der Waals surface area contributed by atoms with Crippen LogP contribution in [0.1, 0.15) is 36.8 Å². The summed E-state index contributed by atoms with van der Waals surface area (Å²) in [6.45, 7) is 2.21. The number of hydrogen-bond donors (Lipinski definition) is 2. The van der Waals surface area contributed by atoms with Gasteiger partial charge in [-0.15, -0.1) is 0 Å². The molecule has 0 spiro atoms. The van der Waals surface area contributed by atoms with Gasteiger partial charge in [0.2, 0.25) is 0 Å². The molecule has 102 valence electrons. The maximum atomic E-state index is 8.74. The average molecular weight is 259 g/mol. The second-order valence-electron chi connectivity index (χ2n) is 5.79. The van der Waals surface area contributed by atoms with E-state index in [1.807, 2.05) is 18.2 Å². The average Bonchev–Trinajstić information content (AvgIpc) is 3.28. The van der Waals surface area contributed by atoms with Gasteiger partial charge in [0.15, 0.2) is 5.84 Å². The minimum atomic E-state index is 0.182. The first-order chi connectivity index (χ1) is 9.26. The number of benzene rings is 1. The summed E-state index contributed by atoms with van der Waals surface area (Å²) < 4.78 is 0. The van der Waals surface area contributed by atoms with Crippen molar-refractivity contribution in [2.45, 2.75) is 38.3 Å². The van der Waals surface area contributed by atoms with Gasteiger partial charge in [-0.25, -0.2) is 0 Å². The Morgan fingerprint density at radius 1 is 1.32 bits per heavy atom. The number of oxime groups is 1. The van der Waals surface area contributed by atoms with Crippen molar-refractivity contribution in [3.63, 3.8) is 0 Å². The van der Waals surface area contributed by atoms with Gasteiger partial charge < -0.3 is 10.9 Å². The lowest BCUT2D eigenvalue weighted by Crippen LogP contribution is -2.28. The van der Waals surface area contributed by atoms with Crippen LogP contribution >= 0.6 is 0 Å². The van der Waals surface area contributed by atoms with E-state index < -0.39 is 0 Å². The van der Waals surface area contributed by atoms with Gasteiger partial charge in [-0.05, 0) is 43.2 Å². The van der Waals surface area contributed by atoms with E-state index in [1.165, 1.54) is 37.8 Å². The van der Waals surface area contributed by atoms with Crippen LogP contribution in [-0.2, 0) is 6.54 Å². The van der Waals surface area contributed by atoms with Crippen LogP contribution in [0.25, 0.3) is 0 Å². The van der Waals surface area contributed by atoms with Crippen molar-refractivity contribution in [3.8, 4) is 0 Å². The monoisotopic (exact) mass is 259 g/mol. The number of amidine groups is 1. The Bertz CT molecular complexity index is 478. The molecule has 0 saturated heterocycles. The van der Waals surface area contributed by atoms with Crippen LogP contribution in [0.3, 0.4) is 0 Å². The number of nitrogens with zero attached hydrogens (tertiary/aromatic N) is 2. The molecule has 4 nitrogen and oxygen atoms in total. The minimum Gasteiger partial charge on any atom is -0.409 e. The molecule has 1 aromatic carbocycles. The second kappa shape index (κ2) is 5.21. The molecule has 0 amide bonds. The first kappa shape index (κ1) is 12.5. The Morgan fingerprint density at radius 2 is 2.11 bits per heavy atom. The Kier molecular flexibility index (Phi) is 3.42. The quantitative estimate of drug-likeness (QED) is 0.356. The van der Waals surface area contributed by atoms with Gasteiger partial charge in [-0.2, -0.15) is 0 Å². The second-order valence-corrected chi connectivity index (χ2v) is 5.79. The van der Waals surface area contributed by atoms with E-state index in [-0.39, 0.29) is 5.84 Å². The predicted molar refractivity (Wildman–Crippen MR) is 75.1 cm³/mol. The van der Waals surface area contributed by atoms with Crippen molar-refractivity contribution < 1.29 is 5.21 Å². The van der Waals surface area contributed by atoms with Gasteiger partial charge in [-0.3, -0.25) is 4.90 Å². The SMILES string of the molecule is NC(=NO)c1cccc(CN(CC2CC2)C2CC2)c1. The molecule has 1 aromatic rings. The largest absolute Gasteiger partial charge is 0.409 e. The van der Waals surface area contributed by atoms with E-state index in [2.05, 4.69) is 16.1 Å². The lowest BCUT2D eigenvalue weighted by atomic mass is 10.1. The Balaban J connectivity index is 1.69. The van der Waals surface area contributed by atoms with Crippen molar-refractivity contribution in [3.05, 3.63) is 35.4 Å². The van der Waals surface area contributed by atoms with Crippen molar-refractivity contribution in [2.24, 2.45) is 16.8 Å². The Hall–Kier alpha value is -1.55. The van der Waals surface area contributed by atoms with Gasteiger partial charge in [0.1, 0.15) is 0 Å². The van der Waals surface area contributed by atoms with E-state index in [1.54, 1.807) is 0 Å². The summed E-state index contributed by atoms with van der Waals surface area (Å²) in [4.78, 5) is 2.60. The van der Waals surface area contributed by atoms with Gasteiger partial charge in [-0.1, -0.05) is 23.4 Å². The molecule has 0 heterocycles. The molecular weight excluding hydrogens is 238 g/mol. The third-order valence-corrected chi connectivity index (χ3v) is 3.97. The van der Waals surface area contributed by atoms with Crippen LogP contribution in [0, 0.1) is 5.92 Å². The molecule has 2 aliphatic rings. The normalized spacial score (nSPS) is 19.9. The molecule has 2 aliphatic carbocycles. The Morgan fingerprint density at radius 3 is 2.74 bits per heavy atom. The number of rotatable bonds is 6. The van der Waals surface area contributed by atoms with E-state index in [0.29, 0.717) is 0 Å². The third kappa shape index (κ3) is 3.26. The van der Waals surface area contributed by atoms with Crippen molar-refractivity contribution >= 4 is 5.84 Å². The maximum Gasteiger partial charge on any atom is 0.170 e. The number of hydrogen-bond acceptors (Lipinski definition) is 3. The summed E-state index contributed by atoms with van der Waals surface area (Å²) in [6.07, 6.45) is 5.47. The van der Waals surface area contributed by atoms with Crippen LogP contribution in [0.2, 0.25) is 0 Å². The van der Waals surface area contributed by atoms with E-state index in [0.717, 1.165) is 24.1 Å². The summed E-state index contributed by atoms with van der Waals surface area (Å²) in [5.74, 6) is 1.11. The fourth-order valence-electron chi connectivity index (χ4n) is 2.54. The van der Waals surface area contributed by atoms with E-state index in [4.69, 9.17) is 10.9 Å². The van der Waals surface area contributed by atoms with Crippen LogP contribution in [-0.4, -0.2) is 28.5 Å². The van der Waals surface area contributed by atoms with Crippen LogP contribution in [0.5, 0.6) is 0 Å². The van der Waals surface area contributed by atoms with E-state index >= 15 is 0 Å². The molecule has 3 rings (SSSR count). The van der Waals surface area contributed by atoms with Gasteiger partial charge in [0.05, 0.1) is 0 Å². The molecule has 0 bridgehead atoms. The predicted octanol–water partition coefficient (Wildman–Crippen LogP) is 2.16. The summed E-state index contributed by atoms with van der Waals surface area (Å²) in [6, 6.07) is 8.78. The Labute approximate surface area is 113 Å². The molecule has 3 N–H and O–H groups in total. The topological polar surface area (TPSA) is 61.9 Å². The smallest absolute Gasteiger partial charge is 0.170 e. The number of nitrogens with two attached hydrogens (primary N) is 1. The van der Waals surface area contributed by atoms with Gasteiger partial charge in [0, 0.05) is 24.7 Å². The minimum absolute atomic E-state index is 0.182. The van der Waals surface area contributed by atoms with Crippen LogP contribution < -0.4 is 5.73 Å². The molecule has 0 atom stereocenters. The fraction of sp³-hybridized carbons (Fsp3) is 0.533. The molecule has 4 heteroatoms. The molecule has 2 saturated carbocycles. The van der Waals surface area contributed by atoms with Gasteiger partial charge >= 0.3 is 0 Å². The molecule has 0 aliphatic heterocycles. The highest BCUT2D eigenvalue weighted by molar-refractivity contribution is 5.97. The molecule has 0 aromatic heterocycles. The molecule has 2 fully saturated rings. The van der Waals surface area contributed by atoms with Crippen LogP contribution in [0.15, 0.2) is 29.4 Å². The van der Waals surface area contributed by atoms with E-state index in [9.17, 15) is 0 Å². The standard InChI is InChI=1S/C15H21N3O/c16-15(17-19)13-3-1-2-12(8-13)10-18(14-6-7-14)9-11-4-5-11/h1-3,8,11,14,19H,4-7,9-10H2,(H2,16,17). The highest BCUT2D eigenvalue weighted by atomic mass is 16.4. The first-order valence-electron chi connectivity index (χ1n) is 7.07. The summed E-state index contributed by atoms with van der Waals surface area (Å²) >= 11 is 0. The van der Waals surface area contributed by atoms with Gasteiger partial charge in [0.25, 0.3) is 0 Å². The molecule has 0 radical (unpaired) electrons. The first-order valence-corrected chi connectivity index (χ1v) is 7.07. The lowest BCUT2D eigenvalue weighted by molar-refractivity contribution is 0.244. The summed E-state index contributed by atoms with van der Waals surface area (Å²) in [7, 11) is 0. The molecular formula is C15H21N3O. The third-order valence-electron chi connectivity index (χ3n) is 3.97. The maximum absolute atomic E-state index is 8.74. The fourth-order valence-corrected chi connectivity index (χ4v) is 2.54. The zero-order chi connectivity index (χ0) is 13.2. The zero-order valence-corrected chi connectivity index (χ0v) is 11.1. The highest BCUT2D eigenvalue weighted by Gasteiger charge is 2.33.